The summed E-state index contributed by atoms with van der Waals surface area (Å²) < 4.78 is 1.59. The third-order valence-corrected chi connectivity index (χ3v) is 4.17. The minimum absolute atomic E-state index is 0.0359. The molecule has 5 nitrogen and oxygen atoms in total. The summed E-state index contributed by atoms with van der Waals surface area (Å²) in [4.78, 5) is 14.2. The molecule has 0 aliphatic carbocycles. The highest BCUT2D eigenvalue weighted by molar-refractivity contribution is 5.97. The molecule has 1 aromatic heterocycles. The molecule has 0 atom stereocenters. The van der Waals surface area contributed by atoms with Crippen LogP contribution in [0.2, 0.25) is 0 Å². The summed E-state index contributed by atoms with van der Waals surface area (Å²) in [5, 5.41) is 4.14. The molecule has 2 heterocycles. The van der Waals surface area contributed by atoms with E-state index in [0.29, 0.717) is 16.8 Å². The topological polar surface area (TPSA) is 64.2 Å². The van der Waals surface area contributed by atoms with E-state index in [9.17, 15) is 4.79 Å². The Bertz CT molecular complexity index is 444. The molecular weight excluding hydrogens is 228 g/mol. The molecule has 2 rings (SSSR count). The van der Waals surface area contributed by atoms with E-state index in [0.717, 1.165) is 25.9 Å². The first-order chi connectivity index (χ1) is 8.45. The van der Waals surface area contributed by atoms with Gasteiger partial charge in [0.1, 0.15) is 0 Å². The van der Waals surface area contributed by atoms with Crippen molar-refractivity contribution >= 4 is 11.6 Å². The molecule has 0 aromatic carbocycles. The van der Waals surface area contributed by atoms with Crippen LogP contribution in [0.4, 0.5) is 5.69 Å². The predicted octanol–water partition coefficient (Wildman–Crippen LogP) is 1.65. The predicted molar refractivity (Wildman–Crippen MR) is 71.2 cm³/mol. The van der Waals surface area contributed by atoms with Gasteiger partial charge in [-0.25, -0.2) is 0 Å². The van der Waals surface area contributed by atoms with E-state index in [1.807, 2.05) is 4.90 Å². The molecule has 1 aliphatic heterocycles. The molecule has 0 saturated carbocycles. The molecular formula is C13H22N4O. The Labute approximate surface area is 108 Å². The van der Waals surface area contributed by atoms with Crippen LogP contribution in [0.1, 0.15) is 43.6 Å². The van der Waals surface area contributed by atoms with Gasteiger partial charge in [0.2, 0.25) is 0 Å². The van der Waals surface area contributed by atoms with E-state index in [4.69, 9.17) is 5.73 Å². The van der Waals surface area contributed by atoms with E-state index in [-0.39, 0.29) is 5.91 Å². The number of aromatic nitrogens is 2. The van der Waals surface area contributed by atoms with Gasteiger partial charge in [-0.05, 0) is 18.3 Å². The first kappa shape index (κ1) is 12.9. The Morgan fingerprint density at radius 2 is 2.11 bits per heavy atom. The molecule has 1 saturated heterocycles. The molecule has 0 spiro atoms. The zero-order valence-electron chi connectivity index (χ0n) is 11.4. The Morgan fingerprint density at radius 3 is 2.56 bits per heavy atom. The van der Waals surface area contributed by atoms with Gasteiger partial charge in [0.25, 0.3) is 5.91 Å². The van der Waals surface area contributed by atoms with E-state index in [1.54, 1.807) is 17.9 Å². The fourth-order valence-electron chi connectivity index (χ4n) is 2.43. The minimum Gasteiger partial charge on any atom is -0.396 e. The zero-order chi connectivity index (χ0) is 13.3. The van der Waals surface area contributed by atoms with Crippen LogP contribution < -0.4 is 5.73 Å². The van der Waals surface area contributed by atoms with Crippen molar-refractivity contribution in [2.45, 2.75) is 33.1 Å². The van der Waals surface area contributed by atoms with Crippen LogP contribution in [0.15, 0.2) is 6.20 Å². The van der Waals surface area contributed by atoms with Crippen LogP contribution in [0.5, 0.6) is 0 Å². The lowest BCUT2D eigenvalue weighted by atomic mass is 9.78. The summed E-state index contributed by atoms with van der Waals surface area (Å²) >= 11 is 0. The zero-order valence-corrected chi connectivity index (χ0v) is 11.4. The maximum atomic E-state index is 12.3. The van der Waals surface area contributed by atoms with Crippen molar-refractivity contribution in [1.29, 1.82) is 0 Å². The lowest BCUT2D eigenvalue weighted by Gasteiger charge is -2.38. The Kier molecular flexibility index (Phi) is 3.32. The fourth-order valence-corrected chi connectivity index (χ4v) is 2.43. The van der Waals surface area contributed by atoms with Crippen LogP contribution in [-0.4, -0.2) is 33.7 Å². The highest BCUT2D eigenvalue weighted by atomic mass is 16.2. The Hall–Kier alpha value is -1.52. The number of nitrogens with two attached hydrogens (primary N) is 1. The van der Waals surface area contributed by atoms with Crippen molar-refractivity contribution in [2.24, 2.45) is 12.5 Å². The third-order valence-electron chi connectivity index (χ3n) is 4.17. The third kappa shape index (κ3) is 2.35. The van der Waals surface area contributed by atoms with Crippen molar-refractivity contribution in [3.8, 4) is 0 Å². The molecule has 18 heavy (non-hydrogen) atoms. The molecule has 1 amide bonds. The van der Waals surface area contributed by atoms with Gasteiger partial charge in [-0.3, -0.25) is 9.48 Å². The lowest BCUT2D eigenvalue weighted by Crippen LogP contribution is -2.42. The highest BCUT2D eigenvalue weighted by Gasteiger charge is 2.31. The van der Waals surface area contributed by atoms with Gasteiger partial charge < -0.3 is 10.6 Å². The summed E-state index contributed by atoms with van der Waals surface area (Å²) in [5.41, 5.74) is 7.03. The second-order valence-corrected chi connectivity index (χ2v) is 5.56. The highest BCUT2D eigenvalue weighted by Crippen LogP contribution is 2.34. The van der Waals surface area contributed by atoms with Crippen LogP contribution >= 0.6 is 0 Å². The van der Waals surface area contributed by atoms with Crippen LogP contribution in [0.25, 0.3) is 0 Å². The van der Waals surface area contributed by atoms with Gasteiger partial charge in [0.15, 0.2) is 5.69 Å². The monoisotopic (exact) mass is 250 g/mol. The first-order valence-corrected chi connectivity index (χ1v) is 6.53. The van der Waals surface area contributed by atoms with Gasteiger partial charge in [-0.2, -0.15) is 5.10 Å². The molecule has 1 aliphatic rings. The first-order valence-electron chi connectivity index (χ1n) is 6.53. The van der Waals surface area contributed by atoms with Crippen LogP contribution in [0, 0.1) is 5.41 Å². The molecule has 100 valence electrons. The number of anilines is 1. The van der Waals surface area contributed by atoms with E-state index < -0.39 is 0 Å². The molecule has 2 N–H and O–H groups in total. The number of rotatable bonds is 2. The molecule has 1 aromatic rings. The normalized spacial score (nSPS) is 18.9. The summed E-state index contributed by atoms with van der Waals surface area (Å²) in [7, 11) is 1.78. The van der Waals surface area contributed by atoms with Crippen molar-refractivity contribution in [3.05, 3.63) is 11.9 Å². The number of likely N-dealkylation sites (tertiary alicyclic amines) is 1. The summed E-state index contributed by atoms with van der Waals surface area (Å²) in [6.45, 7) is 6.12. The maximum absolute atomic E-state index is 12.3. The number of aryl methyl sites for hydroxylation is 1. The largest absolute Gasteiger partial charge is 0.396 e. The summed E-state index contributed by atoms with van der Waals surface area (Å²) in [6, 6.07) is 0. The van der Waals surface area contributed by atoms with Gasteiger partial charge in [0, 0.05) is 26.3 Å². The standard InChI is InChI=1S/C13H22N4O/c1-4-13(2)5-7-17(8-6-13)12(18)11-10(14)9-16(3)15-11/h9H,4-8,14H2,1-3H3. The Morgan fingerprint density at radius 1 is 1.50 bits per heavy atom. The van der Waals surface area contributed by atoms with Gasteiger partial charge in [-0.1, -0.05) is 20.3 Å². The molecule has 0 unspecified atom stereocenters. The SMILES string of the molecule is CCC1(C)CCN(C(=O)c2nn(C)cc2N)CC1. The number of hydrogen-bond donors (Lipinski definition) is 1. The number of carbonyl (C=O) groups excluding carboxylic acids is 1. The van der Waals surface area contributed by atoms with Crippen molar-refractivity contribution in [3.63, 3.8) is 0 Å². The molecule has 0 radical (unpaired) electrons. The second-order valence-electron chi connectivity index (χ2n) is 5.56. The molecule has 1 fully saturated rings. The minimum atomic E-state index is -0.0359. The van der Waals surface area contributed by atoms with E-state index in [2.05, 4.69) is 18.9 Å². The number of nitrogens with zero attached hydrogens (tertiary/aromatic N) is 3. The Balaban J connectivity index is 2.06. The van der Waals surface area contributed by atoms with E-state index in [1.165, 1.54) is 6.42 Å². The smallest absolute Gasteiger partial charge is 0.276 e. The van der Waals surface area contributed by atoms with E-state index >= 15 is 0 Å². The number of carbonyl (C=O) groups is 1. The average molecular weight is 250 g/mol. The average Bonchev–Trinajstić information content (AvgIpc) is 2.69. The maximum Gasteiger partial charge on any atom is 0.276 e. The number of hydrogen-bond acceptors (Lipinski definition) is 3. The number of amides is 1. The number of nitrogen functional groups attached to an aromatic ring is 1. The van der Waals surface area contributed by atoms with Crippen molar-refractivity contribution < 1.29 is 4.79 Å². The number of piperidine rings is 1. The molecule has 5 heteroatoms. The lowest BCUT2D eigenvalue weighted by molar-refractivity contribution is 0.0595. The quantitative estimate of drug-likeness (QED) is 0.868. The summed E-state index contributed by atoms with van der Waals surface area (Å²) in [5.74, 6) is -0.0359. The van der Waals surface area contributed by atoms with Crippen LogP contribution in [-0.2, 0) is 7.05 Å². The van der Waals surface area contributed by atoms with Gasteiger partial charge in [-0.15, -0.1) is 0 Å². The fraction of sp³-hybridized carbons (Fsp3) is 0.692. The molecule has 0 bridgehead atoms. The van der Waals surface area contributed by atoms with Crippen molar-refractivity contribution in [1.82, 2.24) is 14.7 Å². The van der Waals surface area contributed by atoms with Crippen LogP contribution in [0.3, 0.4) is 0 Å². The second kappa shape index (κ2) is 4.63. The van der Waals surface area contributed by atoms with Gasteiger partial charge in [0.05, 0.1) is 5.69 Å². The van der Waals surface area contributed by atoms with Gasteiger partial charge >= 0.3 is 0 Å². The summed E-state index contributed by atoms with van der Waals surface area (Å²) in [6.07, 6.45) is 4.96. The van der Waals surface area contributed by atoms with Crippen molar-refractivity contribution in [2.75, 3.05) is 18.8 Å².